The molecule has 0 aromatic heterocycles. The Kier molecular flexibility index (Phi) is 4.47. The third-order valence-electron chi connectivity index (χ3n) is 2.00. The number of nitriles is 2. The minimum Gasteiger partial charge on any atom is -0.462 e. The van der Waals surface area contributed by atoms with Crippen molar-refractivity contribution >= 4 is 12.0 Å². The van der Waals surface area contributed by atoms with Crippen LogP contribution in [0.2, 0.25) is 0 Å². The first-order valence-electron chi connectivity index (χ1n) is 5.01. The quantitative estimate of drug-likeness (QED) is 0.449. The van der Waals surface area contributed by atoms with Gasteiger partial charge in [0.2, 0.25) is 0 Å². The summed E-state index contributed by atoms with van der Waals surface area (Å²) >= 11 is 0. The number of rotatable bonds is 3. The molecule has 4 heteroatoms. The predicted molar refractivity (Wildman–Crippen MR) is 61.4 cm³/mol. The molecule has 0 aliphatic carbocycles. The molecular weight excluding hydrogens is 216 g/mol. The molecule has 0 heterocycles. The maximum Gasteiger partial charge on any atom is 0.348 e. The van der Waals surface area contributed by atoms with Crippen molar-refractivity contribution in [3.63, 3.8) is 0 Å². The van der Waals surface area contributed by atoms with E-state index in [1.807, 2.05) is 6.07 Å². The molecule has 0 fully saturated rings. The highest BCUT2D eigenvalue weighted by Crippen LogP contribution is 2.12. The summed E-state index contributed by atoms with van der Waals surface area (Å²) in [7, 11) is 0. The Morgan fingerprint density at radius 3 is 2.71 bits per heavy atom. The van der Waals surface area contributed by atoms with E-state index in [1.54, 1.807) is 37.3 Å². The molecule has 0 saturated heterocycles. The summed E-state index contributed by atoms with van der Waals surface area (Å²) in [4.78, 5) is 11.4. The van der Waals surface area contributed by atoms with Crippen LogP contribution in [0, 0.1) is 22.7 Å². The first-order valence-corrected chi connectivity index (χ1v) is 5.01. The smallest absolute Gasteiger partial charge is 0.348 e. The first-order chi connectivity index (χ1) is 8.22. The van der Waals surface area contributed by atoms with Crippen LogP contribution in [0.15, 0.2) is 29.8 Å². The van der Waals surface area contributed by atoms with Crippen molar-refractivity contribution in [1.29, 1.82) is 10.5 Å². The molecule has 17 heavy (non-hydrogen) atoms. The van der Waals surface area contributed by atoms with E-state index in [1.165, 1.54) is 6.08 Å². The number of ether oxygens (including phenoxy) is 1. The molecule has 1 aromatic carbocycles. The number of benzene rings is 1. The lowest BCUT2D eigenvalue weighted by atomic mass is 10.1. The second-order valence-electron chi connectivity index (χ2n) is 3.09. The van der Waals surface area contributed by atoms with Crippen LogP contribution in [-0.2, 0) is 9.53 Å². The fourth-order valence-corrected chi connectivity index (χ4v) is 1.23. The van der Waals surface area contributed by atoms with Crippen molar-refractivity contribution in [2.24, 2.45) is 0 Å². The van der Waals surface area contributed by atoms with E-state index in [0.29, 0.717) is 11.1 Å². The van der Waals surface area contributed by atoms with Gasteiger partial charge in [-0.1, -0.05) is 18.2 Å². The minimum absolute atomic E-state index is 0.116. The number of carbonyl (C=O) groups excluding carboxylic acids is 1. The SMILES string of the molecule is CCOC(=O)C(C#N)=Cc1ccccc1C#N. The van der Waals surface area contributed by atoms with Crippen LogP contribution < -0.4 is 0 Å². The largest absolute Gasteiger partial charge is 0.462 e. The van der Waals surface area contributed by atoms with Crippen molar-refractivity contribution in [2.45, 2.75) is 6.92 Å². The Labute approximate surface area is 99.4 Å². The van der Waals surface area contributed by atoms with Gasteiger partial charge in [-0.05, 0) is 24.6 Å². The van der Waals surface area contributed by atoms with Gasteiger partial charge in [0.25, 0.3) is 0 Å². The normalized spacial score (nSPS) is 10.2. The van der Waals surface area contributed by atoms with Crippen LogP contribution >= 0.6 is 0 Å². The van der Waals surface area contributed by atoms with Crippen LogP contribution in [0.5, 0.6) is 0 Å². The molecule has 84 valence electrons. The summed E-state index contributed by atoms with van der Waals surface area (Å²) in [6, 6.07) is 10.5. The zero-order valence-electron chi connectivity index (χ0n) is 9.30. The molecule has 0 amide bonds. The molecule has 1 rings (SSSR count). The van der Waals surface area contributed by atoms with Crippen LogP contribution in [-0.4, -0.2) is 12.6 Å². The first kappa shape index (κ1) is 12.5. The maximum atomic E-state index is 11.4. The zero-order chi connectivity index (χ0) is 12.7. The molecule has 0 radical (unpaired) electrons. The molecule has 0 spiro atoms. The third-order valence-corrected chi connectivity index (χ3v) is 2.00. The fourth-order valence-electron chi connectivity index (χ4n) is 1.23. The van der Waals surface area contributed by atoms with Crippen LogP contribution in [0.1, 0.15) is 18.1 Å². The zero-order valence-corrected chi connectivity index (χ0v) is 9.30. The van der Waals surface area contributed by atoms with Crippen molar-refractivity contribution < 1.29 is 9.53 Å². The molecule has 0 atom stereocenters. The van der Waals surface area contributed by atoms with E-state index in [-0.39, 0.29) is 12.2 Å². The van der Waals surface area contributed by atoms with Crippen molar-refractivity contribution in [1.82, 2.24) is 0 Å². The summed E-state index contributed by atoms with van der Waals surface area (Å²) in [6.45, 7) is 1.87. The van der Waals surface area contributed by atoms with E-state index < -0.39 is 5.97 Å². The number of carbonyl (C=O) groups is 1. The number of hydrogen-bond donors (Lipinski definition) is 0. The second-order valence-corrected chi connectivity index (χ2v) is 3.09. The highest BCUT2D eigenvalue weighted by atomic mass is 16.5. The van der Waals surface area contributed by atoms with Gasteiger partial charge >= 0.3 is 5.97 Å². The van der Waals surface area contributed by atoms with Crippen molar-refractivity contribution in [2.75, 3.05) is 6.61 Å². The van der Waals surface area contributed by atoms with Gasteiger partial charge in [0.05, 0.1) is 18.2 Å². The third kappa shape index (κ3) is 3.19. The summed E-state index contributed by atoms with van der Waals surface area (Å²) in [6.07, 6.45) is 1.36. The lowest BCUT2D eigenvalue weighted by Crippen LogP contribution is -2.06. The average Bonchev–Trinajstić information content (AvgIpc) is 2.36. The predicted octanol–water partition coefficient (Wildman–Crippen LogP) is 2.03. The molecule has 0 aliphatic heterocycles. The molecule has 1 aromatic rings. The summed E-state index contributed by atoms with van der Waals surface area (Å²) < 4.78 is 4.73. The molecule has 0 bridgehead atoms. The van der Waals surface area contributed by atoms with Crippen LogP contribution in [0.3, 0.4) is 0 Å². The highest BCUT2D eigenvalue weighted by Gasteiger charge is 2.10. The Balaban J connectivity index is 3.13. The minimum atomic E-state index is -0.678. The van der Waals surface area contributed by atoms with Gasteiger partial charge in [-0.2, -0.15) is 10.5 Å². The Hall–Kier alpha value is -2.59. The molecule has 0 N–H and O–H groups in total. The second kappa shape index (κ2) is 6.09. The molecule has 0 unspecified atom stereocenters. The fraction of sp³-hybridized carbons (Fsp3) is 0.154. The van der Waals surface area contributed by atoms with E-state index in [9.17, 15) is 4.79 Å². The summed E-state index contributed by atoms with van der Waals surface area (Å²) in [5, 5.41) is 17.7. The lowest BCUT2D eigenvalue weighted by molar-refractivity contribution is -0.137. The Bertz CT molecular complexity index is 533. The van der Waals surface area contributed by atoms with Crippen LogP contribution in [0.25, 0.3) is 6.08 Å². The van der Waals surface area contributed by atoms with Crippen molar-refractivity contribution in [3.05, 3.63) is 41.0 Å². The van der Waals surface area contributed by atoms with Gasteiger partial charge in [-0.3, -0.25) is 0 Å². The molecule has 0 saturated carbocycles. The topological polar surface area (TPSA) is 73.9 Å². The molecule has 0 aliphatic rings. The Morgan fingerprint density at radius 1 is 1.41 bits per heavy atom. The summed E-state index contributed by atoms with van der Waals surface area (Å²) in [5.74, 6) is -0.678. The monoisotopic (exact) mass is 226 g/mol. The number of esters is 1. The van der Waals surface area contributed by atoms with Gasteiger partial charge in [0, 0.05) is 0 Å². The molecule has 4 nitrogen and oxygen atoms in total. The van der Waals surface area contributed by atoms with E-state index in [4.69, 9.17) is 15.3 Å². The van der Waals surface area contributed by atoms with E-state index >= 15 is 0 Å². The highest BCUT2D eigenvalue weighted by molar-refractivity contribution is 5.98. The van der Waals surface area contributed by atoms with Crippen LogP contribution in [0.4, 0.5) is 0 Å². The van der Waals surface area contributed by atoms with Gasteiger partial charge in [-0.15, -0.1) is 0 Å². The lowest BCUT2D eigenvalue weighted by Gasteiger charge is -2.00. The molecular formula is C13H10N2O2. The standard InChI is InChI=1S/C13H10N2O2/c1-2-17-13(16)12(9-15)7-10-5-3-4-6-11(10)8-14/h3-7H,2H2,1H3. The van der Waals surface area contributed by atoms with E-state index in [2.05, 4.69) is 0 Å². The number of nitrogens with zero attached hydrogens (tertiary/aromatic N) is 2. The van der Waals surface area contributed by atoms with Gasteiger partial charge in [0.1, 0.15) is 11.6 Å². The van der Waals surface area contributed by atoms with Gasteiger partial charge in [0.15, 0.2) is 0 Å². The van der Waals surface area contributed by atoms with Crippen molar-refractivity contribution in [3.8, 4) is 12.1 Å². The number of hydrogen-bond acceptors (Lipinski definition) is 4. The van der Waals surface area contributed by atoms with E-state index in [0.717, 1.165) is 0 Å². The van der Waals surface area contributed by atoms with Gasteiger partial charge in [-0.25, -0.2) is 4.79 Å². The van der Waals surface area contributed by atoms with Gasteiger partial charge < -0.3 is 4.74 Å². The average molecular weight is 226 g/mol. The Morgan fingerprint density at radius 2 is 2.12 bits per heavy atom. The maximum absolute atomic E-state index is 11.4. The summed E-state index contributed by atoms with van der Waals surface area (Å²) in [5.41, 5.74) is 0.818.